The number of carboxylic acids is 1. The summed E-state index contributed by atoms with van der Waals surface area (Å²) in [5.41, 5.74) is 0.00593. The summed E-state index contributed by atoms with van der Waals surface area (Å²) in [6, 6.07) is 8.09. The molecule has 0 aromatic heterocycles. The van der Waals surface area contributed by atoms with E-state index in [4.69, 9.17) is 28.4 Å². The van der Waals surface area contributed by atoms with Crippen LogP contribution >= 0.6 is 0 Å². The summed E-state index contributed by atoms with van der Waals surface area (Å²) in [5.74, 6) is -1.73. The standard InChI is InChI=1S/C30H36O14/c1-30(2,29(37)38)44-28-25(36)24(35)23(34)21(42-28)13-41-22(33)8-5-14-9-16-17(12-31)26(43-27(16)20(10-14)40-4)15-6-7-18(32)19(11-15)39-3/h5-11,17,21,23-26,28,31-32,34-36H,12-13H2,1-4H3,(H,37,38)/t17-,21+,23+,24-,25+,26-,28+/m0/s1. The van der Waals surface area contributed by atoms with Crippen molar-refractivity contribution in [3.05, 3.63) is 53.1 Å². The van der Waals surface area contributed by atoms with Crippen molar-refractivity contribution < 1.29 is 68.6 Å². The van der Waals surface area contributed by atoms with Crippen LogP contribution in [0, 0.1) is 0 Å². The van der Waals surface area contributed by atoms with Gasteiger partial charge in [0.2, 0.25) is 0 Å². The molecule has 14 heteroatoms. The Bertz CT molecular complexity index is 1390. The maximum Gasteiger partial charge on any atom is 0.335 e. The number of aliphatic hydroxyl groups excluding tert-OH is 4. The summed E-state index contributed by atoms with van der Waals surface area (Å²) < 4.78 is 32.8. The Morgan fingerprint density at radius 2 is 1.70 bits per heavy atom. The van der Waals surface area contributed by atoms with Gasteiger partial charge in [0, 0.05) is 11.6 Å². The van der Waals surface area contributed by atoms with Gasteiger partial charge >= 0.3 is 11.9 Å². The Morgan fingerprint density at radius 1 is 1.00 bits per heavy atom. The van der Waals surface area contributed by atoms with E-state index in [1.807, 2.05) is 0 Å². The molecule has 2 aromatic rings. The number of carboxylic acid groups (broad SMARTS) is 1. The number of methoxy groups -OCH3 is 2. The Hall–Kier alpha value is -3.92. The van der Waals surface area contributed by atoms with Gasteiger partial charge in [-0.05, 0) is 55.3 Å². The summed E-state index contributed by atoms with van der Waals surface area (Å²) in [5, 5.41) is 60.2. The topological polar surface area (TPSA) is 211 Å². The van der Waals surface area contributed by atoms with Crippen LogP contribution in [-0.2, 0) is 23.8 Å². The number of benzene rings is 2. The lowest BCUT2D eigenvalue weighted by Gasteiger charge is -2.41. The molecular formula is C30H36O14. The fourth-order valence-corrected chi connectivity index (χ4v) is 4.90. The molecule has 7 atom stereocenters. The van der Waals surface area contributed by atoms with Gasteiger partial charge < -0.3 is 59.1 Å². The number of carbonyl (C=O) groups is 2. The molecule has 2 aliphatic heterocycles. The maximum absolute atomic E-state index is 12.5. The lowest BCUT2D eigenvalue weighted by atomic mass is 9.90. The number of carbonyl (C=O) groups excluding carboxylic acids is 1. The van der Waals surface area contributed by atoms with Crippen LogP contribution in [0.2, 0.25) is 0 Å². The molecule has 240 valence electrons. The van der Waals surface area contributed by atoms with Crippen molar-refractivity contribution in [3.8, 4) is 23.0 Å². The molecule has 44 heavy (non-hydrogen) atoms. The number of hydrogen-bond acceptors (Lipinski definition) is 13. The van der Waals surface area contributed by atoms with E-state index in [2.05, 4.69) is 0 Å². The fraction of sp³-hybridized carbons (Fsp3) is 0.467. The lowest BCUT2D eigenvalue weighted by molar-refractivity contribution is -0.320. The van der Waals surface area contributed by atoms with E-state index < -0.39 is 66.9 Å². The van der Waals surface area contributed by atoms with Gasteiger partial charge in [-0.25, -0.2) is 9.59 Å². The Morgan fingerprint density at radius 3 is 2.34 bits per heavy atom. The highest BCUT2D eigenvalue weighted by molar-refractivity contribution is 5.87. The molecule has 14 nitrogen and oxygen atoms in total. The number of aliphatic carboxylic acids is 1. The van der Waals surface area contributed by atoms with Gasteiger partial charge in [-0.2, -0.15) is 0 Å². The van der Waals surface area contributed by atoms with Crippen LogP contribution in [-0.4, -0.2) is 106 Å². The molecule has 0 amide bonds. The normalized spacial score (nSPS) is 26.6. The van der Waals surface area contributed by atoms with Crippen LogP contribution in [0.3, 0.4) is 0 Å². The number of phenolic OH excluding ortho intramolecular Hbond substituents is 1. The van der Waals surface area contributed by atoms with Crippen molar-refractivity contribution in [2.45, 2.75) is 62.2 Å². The molecule has 0 spiro atoms. The first kappa shape index (κ1) is 33.0. The molecule has 2 heterocycles. The van der Waals surface area contributed by atoms with Crippen LogP contribution < -0.4 is 14.2 Å². The summed E-state index contributed by atoms with van der Waals surface area (Å²) in [6.07, 6.45) is -6.20. The highest BCUT2D eigenvalue weighted by Crippen LogP contribution is 2.51. The molecule has 0 saturated carbocycles. The summed E-state index contributed by atoms with van der Waals surface area (Å²) >= 11 is 0. The number of rotatable bonds is 11. The number of esters is 1. The van der Waals surface area contributed by atoms with Crippen LogP contribution in [0.1, 0.15) is 42.6 Å². The second-order valence-electron chi connectivity index (χ2n) is 10.8. The minimum Gasteiger partial charge on any atom is -0.504 e. The van der Waals surface area contributed by atoms with Gasteiger partial charge in [-0.3, -0.25) is 0 Å². The van der Waals surface area contributed by atoms with Crippen molar-refractivity contribution in [2.75, 3.05) is 27.4 Å². The predicted molar refractivity (Wildman–Crippen MR) is 150 cm³/mol. The van der Waals surface area contributed by atoms with Gasteiger partial charge in [0.15, 0.2) is 34.9 Å². The smallest absolute Gasteiger partial charge is 0.335 e. The molecule has 2 aliphatic rings. The minimum absolute atomic E-state index is 0.0437. The van der Waals surface area contributed by atoms with Crippen LogP contribution in [0.5, 0.6) is 23.0 Å². The summed E-state index contributed by atoms with van der Waals surface area (Å²) in [7, 11) is 2.87. The number of aliphatic hydroxyl groups is 4. The lowest BCUT2D eigenvalue weighted by Crippen LogP contribution is -2.61. The SMILES string of the molecule is COc1cc([C@@H]2Oc3c(OC)cc(C=CC(=O)OC[C@H]4O[C@H](OC(C)(C)C(=O)O)[C@H](O)[C@@H](O)[C@@H]4O)cc3[C@@H]2CO)ccc1O. The van der Waals surface area contributed by atoms with E-state index in [-0.39, 0.29) is 18.1 Å². The molecule has 0 aliphatic carbocycles. The van der Waals surface area contributed by atoms with Gasteiger partial charge in [-0.15, -0.1) is 0 Å². The third-order valence-corrected chi connectivity index (χ3v) is 7.46. The van der Waals surface area contributed by atoms with Gasteiger partial charge in [0.1, 0.15) is 37.1 Å². The van der Waals surface area contributed by atoms with Crippen molar-refractivity contribution in [3.63, 3.8) is 0 Å². The molecule has 1 saturated heterocycles. The molecule has 0 unspecified atom stereocenters. The van der Waals surface area contributed by atoms with E-state index in [1.54, 1.807) is 24.3 Å². The monoisotopic (exact) mass is 620 g/mol. The quantitative estimate of drug-likeness (QED) is 0.152. The highest BCUT2D eigenvalue weighted by Gasteiger charge is 2.47. The molecule has 1 fully saturated rings. The Kier molecular flexibility index (Phi) is 10.0. The van der Waals surface area contributed by atoms with E-state index >= 15 is 0 Å². The first-order valence-electron chi connectivity index (χ1n) is 13.6. The molecule has 2 aromatic carbocycles. The number of ether oxygens (including phenoxy) is 6. The van der Waals surface area contributed by atoms with Gasteiger partial charge in [0.05, 0.1) is 26.7 Å². The first-order chi connectivity index (χ1) is 20.8. The Labute approximate surface area is 252 Å². The molecular weight excluding hydrogens is 584 g/mol. The molecule has 0 radical (unpaired) electrons. The molecule has 0 bridgehead atoms. The maximum atomic E-state index is 12.5. The summed E-state index contributed by atoms with van der Waals surface area (Å²) in [6.45, 7) is 1.61. The predicted octanol–water partition coefficient (Wildman–Crippen LogP) is 0.863. The van der Waals surface area contributed by atoms with Crippen molar-refractivity contribution in [1.82, 2.24) is 0 Å². The van der Waals surface area contributed by atoms with Gasteiger partial charge in [-0.1, -0.05) is 6.07 Å². The zero-order valence-electron chi connectivity index (χ0n) is 24.4. The molecule has 4 rings (SSSR count). The van der Waals surface area contributed by atoms with E-state index in [0.717, 1.165) is 6.08 Å². The van der Waals surface area contributed by atoms with E-state index in [0.29, 0.717) is 28.2 Å². The zero-order valence-corrected chi connectivity index (χ0v) is 24.4. The van der Waals surface area contributed by atoms with E-state index in [9.17, 15) is 40.2 Å². The Balaban J connectivity index is 1.46. The average Bonchev–Trinajstić information content (AvgIpc) is 3.37. The summed E-state index contributed by atoms with van der Waals surface area (Å²) in [4.78, 5) is 23.9. The average molecular weight is 621 g/mol. The zero-order chi connectivity index (χ0) is 32.3. The minimum atomic E-state index is -1.79. The second-order valence-corrected chi connectivity index (χ2v) is 10.8. The third kappa shape index (κ3) is 6.75. The molecule has 6 N–H and O–H groups in total. The second kappa shape index (κ2) is 13.4. The van der Waals surface area contributed by atoms with Crippen LogP contribution in [0.4, 0.5) is 0 Å². The van der Waals surface area contributed by atoms with Crippen molar-refractivity contribution in [2.24, 2.45) is 0 Å². The van der Waals surface area contributed by atoms with Crippen molar-refractivity contribution in [1.29, 1.82) is 0 Å². The van der Waals surface area contributed by atoms with Crippen molar-refractivity contribution >= 4 is 18.0 Å². The fourth-order valence-electron chi connectivity index (χ4n) is 4.90. The van der Waals surface area contributed by atoms with E-state index in [1.165, 1.54) is 40.2 Å². The highest BCUT2D eigenvalue weighted by atomic mass is 16.7. The van der Waals surface area contributed by atoms with Gasteiger partial charge in [0.25, 0.3) is 0 Å². The number of phenols is 1. The number of aromatic hydroxyl groups is 1. The van der Waals surface area contributed by atoms with Crippen LogP contribution in [0.15, 0.2) is 36.4 Å². The number of fused-ring (bicyclic) bond motifs is 1. The first-order valence-corrected chi connectivity index (χ1v) is 13.6. The third-order valence-electron chi connectivity index (χ3n) is 7.46. The van der Waals surface area contributed by atoms with Crippen LogP contribution in [0.25, 0.3) is 6.08 Å². The largest absolute Gasteiger partial charge is 0.504 e. The number of hydrogen-bond donors (Lipinski definition) is 6.